The monoisotopic (exact) mass is 278 g/mol. The predicted molar refractivity (Wildman–Crippen MR) is 80.8 cm³/mol. The Hall–Kier alpha value is -1.10. The minimum Gasteiger partial charge on any atom is -0.497 e. The number of aliphatic hydroxyl groups is 1. The number of methoxy groups -OCH3 is 1. The van der Waals surface area contributed by atoms with Crippen molar-refractivity contribution in [3.05, 3.63) is 29.8 Å². The van der Waals surface area contributed by atoms with Crippen LogP contribution < -0.4 is 10.5 Å². The molecule has 1 aromatic carbocycles. The lowest BCUT2D eigenvalue weighted by Gasteiger charge is -2.32. The first-order chi connectivity index (χ1) is 9.69. The van der Waals surface area contributed by atoms with Crippen molar-refractivity contribution in [1.29, 1.82) is 0 Å². The molecule has 4 nitrogen and oxygen atoms in total. The van der Waals surface area contributed by atoms with E-state index in [1.54, 1.807) is 7.11 Å². The molecule has 0 radical (unpaired) electrons. The fraction of sp³-hybridized carbons (Fsp3) is 0.625. The lowest BCUT2D eigenvalue weighted by atomic mass is 9.96. The van der Waals surface area contributed by atoms with Gasteiger partial charge in [0.25, 0.3) is 0 Å². The van der Waals surface area contributed by atoms with Gasteiger partial charge in [-0.1, -0.05) is 19.1 Å². The largest absolute Gasteiger partial charge is 0.497 e. The third-order valence-electron chi connectivity index (χ3n) is 4.30. The SMILES string of the molecule is CCC(N)C(c1ccc(OC)cc1)N1CCC(CO)C1. The quantitative estimate of drug-likeness (QED) is 0.833. The number of aliphatic hydroxyl groups excluding tert-OH is 1. The average molecular weight is 278 g/mol. The first-order valence-corrected chi connectivity index (χ1v) is 7.44. The van der Waals surface area contributed by atoms with Gasteiger partial charge in [0, 0.05) is 25.2 Å². The highest BCUT2D eigenvalue weighted by Gasteiger charge is 2.31. The van der Waals surface area contributed by atoms with Crippen LogP contribution in [-0.2, 0) is 0 Å². The molecule has 0 aliphatic carbocycles. The van der Waals surface area contributed by atoms with E-state index in [1.165, 1.54) is 5.56 Å². The maximum absolute atomic E-state index is 9.33. The van der Waals surface area contributed by atoms with Crippen molar-refractivity contribution < 1.29 is 9.84 Å². The fourth-order valence-corrected chi connectivity index (χ4v) is 3.02. The van der Waals surface area contributed by atoms with Gasteiger partial charge >= 0.3 is 0 Å². The van der Waals surface area contributed by atoms with Crippen LogP contribution in [0.2, 0.25) is 0 Å². The molecule has 0 aromatic heterocycles. The summed E-state index contributed by atoms with van der Waals surface area (Å²) >= 11 is 0. The van der Waals surface area contributed by atoms with Gasteiger partial charge in [-0.25, -0.2) is 0 Å². The Balaban J connectivity index is 2.18. The third kappa shape index (κ3) is 3.32. The summed E-state index contributed by atoms with van der Waals surface area (Å²) in [7, 11) is 1.68. The van der Waals surface area contributed by atoms with Crippen LogP contribution in [0.4, 0.5) is 0 Å². The minimum atomic E-state index is 0.112. The maximum atomic E-state index is 9.33. The molecular formula is C16H26N2O2. The van der Waals surface area contributed by atoms with E-state index >= 15 is 0 Å². The summed E-state index contributed by atoms with van der Waals surface area (Å²) in [4.78, 5) is 2.41. The topological polar surface area (TPSA) is 58.7 Å². The number of likely N-dealkylation sites (tertiary alicyclic amines) is 1. The number of rotatable bonds is 6. The Labute approximate surface area is 121 Å². The highest BCUT2D eigenvalue weighted by atomic mass is 16.5. The molecule has 1 aliphatic heterocycles. The van der Waals surface area contributed by atoms with Gasteiger partial charge in [0.2, 0.25) is 0 Å². The van der Waals surface area contributed by atoms with E-state index in [0.29, 0.717) is 5.92 Å². The summed E-state index contributed by atoms with van der Waals surface area (Å²) < 4.78 is 5.22. The number of nitrogens with two attached hydrogens (primary N) is 1. The van der Waals surface area contributed by atoms with Crippen molar-refractivity contribution >= 4 is 0 Å². The summed E-state index contributed by atoms with van der Waals surface area (Å²) in [6.45, 7) is 4.34. The molecule has 3 atom stereocenters. The van der Waals surface area contributed by atoms with Crippen LogP contribution in [0, 0.1) is 5.92 Å². The number of nitrogens with zero attached hydrogens (tertiary/aromatic N) is 1. The zero-order chi connectivity index (χ0) is 14.5. The second-order valence-electron chi connectivity index (χ2n) is 5.62. The van der Waals surface area contributed by atoms with Crippen LogP contribution in [0.1, 0.15) is 31.4 Å². The number of hydrogen-bond donors (Lipinski definition) is 2. The Bertz CT molecular complexity index is 407. The van der Waals surface area contributed by atoms with Gasteiger partial charge in [-0.05, 0) is 43.0 Å². The zero-order valence-electron chi connectivity index (χ0n) is 12.5. The van der Waals surface area contributed by atoms with E-state index in [1.807, 2.05) is 12.1 Å². The van der Waals surface area contributed by atoms with Gasteiger partial charge in [-0.2, -0.15) is 0 Å². The molecule has 1 fully saturated rings. The number of ether oxygens (including phenoxy) is 1. The Morgan fingerprint density at radius 1 is 1.40 bits per heavy atom. The zero-order valence-corrected chi connectivity index (χ0v) is 12.5. The summed E-state index contributed by atoms with van der Waals surface area (Å²) in [6, 6.07) is 8.52. The van der Waals surface area contributed by atoms with Gasteiger partial charge in [0.1, 0.15) is 5.75 Å². The van der Waals surface area contributed by atoms with Crippen LogP contribution >= 0.6 is 0 Å². The molecule has 0 saturated carbocycles. The van der Waals surface area contributed by atoms with Crippen LogP contribution in [-0.4, -0.2) is 42.9 Å². The Morgan fingerprint density at radius 3 is 2.60 bits per heavy atom. The van der Waals surface area contributed by atoms with Gasteiger partial charge in [-0.15, -0.1) is 0 Å². The van der Waals surface area contributed by atoms with Gasteiger partial charge in [-0.3, -0.25) is 4.90 Å². The molecule has 0 bridgehead atoms. The molecule has 3 unspecified atom stereocenters. The lowest BCUT2D eigenvalue weighted by Crippen LogP contribution is -2.40. The highest BCUT2D eigenvalue weighted by molar-refractivity contribution is 5.30. The minimum absolute atomic E-state index is 0.112. The van der Waals surface area contributed by atoms with Crippen LogP contribution in [0.5, 0.6) is 5.75 Å². The van der Waals surface area contributed by atoms with E-state index < -0.39 is 0 Å². The standard InChI is InChI=1S/C16H26N2O2/c1-3-15(17)16(18-9-8-12(10-18)11-19)13-4-6-14(20-2)7-5-13/h4-7,12,15-16,19H,3,8-11,17H2,1-2H3. The van der Waals surface area contributed by atoms with E-state index in [0.717, 1.165) is 31.7 Å². The average Bonchev–Trinajstić information content (AvgIpc) is 2.96. The van der Waals surface area contributed by atoms with Crippen molar-refractivity contribution in [2.24, 2.45) is 11.7 Å². The second-order valence-corrected chi connectivity index (χ2v) is 5.62. The molecule has 1 aromatic rings. The molecule has 20 heavy (non-hydrogen) atoms. The van der Waals surface area contributed by atoms with Gasteiger partial charge < -0.3 is 15.6 Å². The van der Waals surface area contributed by atoms with E-state index in [-0.39, 0.29) is 18.7 Å². The van der Waals surface area contributed by atoms with Crippen LogP contribution in [0.3, 0.4) is 0 Å². The lowest BCUT2D eigenvalue weighted by molar-refractivity contribution is 0.180. The molecule has 2 rings (SSSR count). The first-order valence-electron chi connectivity index (χ1n) is 7.44. The van der Waals surface area contributed by atoms with Crippen molar-refractivity contribution in [1.82, 2.24) is 4.90 Å². The molecular weight excluding hydrogens is 252 g/mol. The predicted octanol–water partition coefficient (Wildman–Crippen LogP) is 1.79. The third-order valence-corrected chi connectivity index (χ3v) is 4.30. The van der Waals surface area contributed by atoms with Gasteiger partial charge in [0.15, 0.2) is 0 Å². The number of benzene rings is 1. The van der Waals surface area contributed by atoms with Crippen molar-refractivity contribution in [3.8, 4) is 5.75 Å². The number of hydrogen-bond acceptors (Lipinski definition) is 4. The molecule has 1 aliphatic rings. The fourth-order valence-electron chi connectivity index (χ4n) is 3.02. The van der Waals surface area contributed by atoms with Crippen molar-refractivity contribution in [3.63, 3.8) is 0 Å². The molecule has 1 saturated heterocycles. The smallest absolute Gasteiger partial charge is 0.118 e. The van der Waals surface area contributed by atoms with Gasteiger partial charge in [0.05, 0.1) is 7.11 Å². The molecule has 3 N–H and O–H groups in total. The Morgan fingerprint density at radius 2 is 2.10 bits per heavy atom. The van der Waals surface area contributed by atoms with Crippen molar-refractivity contribution in [2.45, 2.75) is 31.8 Å². The van der Waals surface area contributed by atoms with Crippen LogP contribution in [0.15, 0.2) is 24.3 Å². The molecule has 0 spiro atoms. The molecule has 1 heterocycles. The summed E-state index contributed by atoms with van der Waals surface area (Å²) in [5, 5.41) is 9.33. The maximum Gasteiger partial charge on any atom is 0.118 e. The highest BCUT2D eigenvalue weighted by Crippen LogP contribution is 2.31. The van der Waals surface area contributed by atoms with E-state index in [2.05, 4.69) is 24.0 Å². The molecule has 0 amide bonds. The van der Waals surface area contributed by atoms with E-state index in [4.69, 9.17) is 10.5 Å². The second kappa shape index (κ2) is 7.07. The summed E-state index contributed by atoms with van der Waals surface area (Å²) in [5.41, 5.74) is 7.59. The van der Waals surface area contributed by atoms with Crippen molar-refractivity contribution in [2.75, 3.05) is 26.8 Å². The molecule has 4 heteroatoms. The van der Waals surface area contributed by atoms with Crippen LogP contribution in [0.25, 0.3) is 0 Å². The first kappa shape index (κ1) is 15.3. The molecule has 112 valence electrons. The Kier molecular flexibility index (Phi) is 5.40. The summed E-state index contributed by atoms with van der Waals surface area (Å²) in [5.74, 6) is 1.26. The van der Waals surface area contributed by atoms with E-state index in [9.17, 15) is 5.11 Å². The normalized spacial score (nSPS) is 22.7. The summed E-state index contributed by atoms with van der Waals surface area (Å²) in [6.07, 6.45) is 2.00.